The van der Waals surface area contributed by atoms with Gasteiger partial charge in [-0.3, -0.25) is 4.79 Å². The molecule has 0 bridgehead atoms. The van der Waals surface area contributed by atoms with E-state index in [2.05, 4.69) is 16.4 Å². The molecule has 33 heavy (non-hydrogen) atoms. The van der Waals surface area contributed by atoms with Gasteiger partial charge >= 0.3 is 0 Å². The number of carbonyl (C=O) groups is 1. The predicted molar refractivity (Wildman–Crippen MR) is 121 cm³/mol. The normalized spacial score (nSPS) is 11.5. The molecule has 0 saturated carbocycles. The lowest BCUT2D eigenvalue weighted by molar-refractivity contribution is 0.0946. The molecule has 4 rings (SSSR count). The number of amides is 1. The number of carbonyl (C=O) groups excluding carboxylic acids is 1. The molecule has 2 aromatic heterocycles. The summed E-state index contributed by atoms with van der Waals surface area (Å²) in [5, 5.41) is 13.3. The number of ether oxygens (including phenoxy) is 3. The molecule has 8 heteroatoms. The quantitative estimate of drug-likeness (QED) is 0.448. The van der Waals surface area contributed by atoms with Gasteiger partial charge in [-0.1, -0.05) is 18.2 Å². The second kappa shape index (κ2) is 9.32. The van der Waals surface area contributed by atoms with Crippen LogP contribution in [0.2, 0.25) is 0 Å². The van der Waals surface area contributed by atoms with Crippen LogP contribution in [0.5, 0.6) is 17.2 Å². The Bertz CT molecular complexity index is 1320. The Labute approximate surface area is 190 Å². The van der Waals surface area contributed by atoms with Gasteiger partial charge in [-0.15, -0.1) is 0 Å². The molecule has 1 atom stereocenters. The summed E-state index contributed by atoms with van der Waals surface area (Å²) < 4.78 is 21.5. The lowest BCUT2D eigenvalue weighted by Crippen LogP contribution is -2.28. The maximum atomic E-state index is 13.3. The Hall–Kier alpha value is -4.51. The number of hydrogen-bond donors (Lipinski definition) is 1. The molecule has 0 aliphatic heterocycles. The SMILES string of the molecule is COc1cc(C(C#N)NC(=O)c2cc(-c3ccco3)nc3ccccc23)cc(OC)c1OC. The number of para-hydroxylation sites is 1. The second-order valence-electron chi connectivity index (χ2n) is 7.04. The average molecular weight is 443 g/mol. The van der Waals surface area contributed by atoms with E-state index in [0.717, 1.165) is 0 Å². The molecular formula is C25H21N3O5. The molecule has 0 radical (unpaired) electrons. The first-order chi connectivity index (χ1) is 16.1. The molecule has 1 N–H and O–H groups in total. The van der Waals surface area contributed by atoms with Gasteiger partial charge in [-0.2, -0.15) is 5.26 Å². The molecule has 1 unspecified atom stereocenters. The molecule has 0 aliphatic carbocycles. The summed E-state index contributed by atoms with van der Waals surface area (Å²) in [5.41, 5.74) is 2.02. The zero-order valence-electron chi connectivity index (χ0n) is 18.3. The topological polar surface area (TPSA) is 107 Å². The Kier molecular flexibility index (Phi) is 6.13. The van der Waals surface area contributed by atoms with Gasteiger partial charge in [-0.25, -0.2) is 4.98 Å². The summed E-state index contributed by atoms with van der Waals surface area (Å²) in [6.45, 7) is 0. The first-order valence-corrected chi connectivity index (χ1v) is 10.0. The van der Waals surface area contributed by atoms with Crippen molar-refractivity contribution >= 4 is 16.8 Å². The van der Waals surface area contributed by atoms with Crippen LogP contribution in [0, 0.1) is 11.3 Å². The average Bonchev–Trinajstić information content (AvgIpc) is 3.40. The van der Waals surface area contributed by atoms with Gasteiger partial charge in [0.05, 0.1) is 44.7 Å². The van der Waals surface area contributed by atoms with Crippen molar-refractivity contribution in [3.63, 3.8) is 0 Å². The van der Waals surface area contributed by atoms with Gasteiger partial charge in [0.15, 0.2) is 17.3 Å². The number of nitrogens with one attached hydrogen (secondary N) is 1. The fraction of sp³-hybridized carbons (Fsp3) is 0.160. The highest BCUT2D eigenvalue weighted by molar-refractivity contribution is 6.07. The minimum absolute atomic E-state index is 0.375. The van der Waals surface area contributed by atoms with Crippen molar-refractivity contribution < 1.29 is 23.4 Å². The minimum atomic E-state index is -0.967. The van der Waals surface area contributed by atoms with E-state index in [0.29, 0.717) is 50.7 Å². The second-order valence-corrected chi connectivity index (χ2v) is 7.04. The zero-order valence-corrected chi connectivity index (χ0v) is 18.3. The molecule has 2 heterocycles. The number of methoxy groups -OCH3 is 3. The van der Waals surface area contributed by atoms with Crippen molar-refractivity contribution in [2.45, 2.75) is 6.04 Å². The number of hydrogen-bond acceptors (Lipinski definition) is 7. The highest BCUT2D eigenvalue weighted by Crippen LogP contribution is 2.39. The van der Waals surface area contributed by atoms with Crippen LogP contribution < -0.4 is 19.5 Å². The number of aromatic nitrogens is 1. The number of nitriles is 1. The van der Waals surface area contributed by atoms with Crippen LogP contribution in [0.3, 0.4) is 0 Å². The highest BCUT2D eigenvalue weighted by atomic mass is 16.5. The van der Waals surface area contributed by atoms with E-state index in [1.807, 2.05) is 24.3 Å². The number of fused-ring (bicyclic) bond motifs is 1. The van der Waals surface area contributed by atoms with Crippen LogP contribution in [-0.4, -0.2) is 32.2 Å². The minimum Gasteiger partial charge on any atom is -0.493 e. The molecule has 166 valence electrons. The van der Waals surface area contributed by atoms with Gasteiger partial charge in [0.2, 0.25) is 5.75 Å². The fourth-order valence-electron chi connectivity index (χ4n) is 3.58. The van der Waals surface area contributed by atoms with Crippen molar-refractivity contribution in [2.24, 2.45) is 0 Å². The van der Waals surface area contributed by atoms with E-state index in [1.165, 1.54) is 21.3 Å². The van der Waals surface area contributed by atoms with E-state index in [-0.39, 0.29) is 0 Å². The largest absolute Gasteiger partial charge is 0.493 e. The van der Waals surface area contributed by atoms with Crippen molar-refractivity contribution in [2.75, 3.05) is 21.3 Å². The smallest absolute Gasteiger partial charge is 0.253 e. The first kappa shape index (κ1) is 21.7. The summed E-state index contributed by atoms with van der Waals surface area (Å²) in [6, 6.07) is 16.9. The van der Waals surface area contributed by atoms with Crippen molar-refractivity contribution in [1.29, 1.82) is 5.26 Å². The third-order valence-electron chi connectivity index (χ3n) is 5.16. The molecule has 1 amide bonds. The van der Waals surface area contributed by atoms with Gasteiger partial charge in [-0.05, 0) is 42.0 Å². The van der Waals surface area contributed by atoms with E-state index in [9.17, 15) is 10.1 Å². The molecule has 0 saturated heterocycles. The third-order valence-corrected chi connectivity index (χ3v) is 5.16. The summed E-state index contributed by atoms with van der Waals surface area (Å²) >= 11 is 0. The van der Waals surface area contributed by atoms with Crippen LogP contribution in [0.25, 0.3) is 22.4 Å². The zero-order chi connectivity index (χ0) is 23.4. The highest BCUT2D eigenvalue weighted by Gasteiger charge is 2.22. The van der Waals surface area contributed by atoms with Crippen molar-refractivity contribution in [3.05, 3.63) is 72.0 Å². The molecule has 4 aromatic rings. The summed E-state index contributed by atoms with van der Waals surface area (Å²) in [7, 11) is 4.47. The van der Waals surface area contributed by atoms with Crippen LogP contribution >= 0.6 is 0 Å². The van der Waals surface area contributed by atoms with Crippen molar-refractivity contribution in [1.82, 2.24) is 10.3 Å². The molecule has 0 aliphatic rings. The van der Waals surface area contributed by atoms with E-state index >= 15 is 0 Å². The van der Waals surface area contributed by atoms with Crippen LogP contribution in [0.1, 0.15) is 22.0 Å². The third kappa shape index (κ3) is 4.16. The van der Waals surface area contributed by atoms with Crippen LogP contribution in [0.15, 0.2) is 65.3 Å². The van der Waals surface area contributed by atoms with E-state index in [4.69, 9.17) is 18.6 Å². The van der Waals surface area contributed by atoms with Crippen molar-refractivity contribution in [3.8, 4) is 34.8 Å². The Morgan fingerprint density at radius 1 is 1.03 bits per heavy atom. The lowest BCUT2D eigenvalue weighted by atomic mass is 10.0. The maximum Gasteiger partial charge on any atom is 0.253 e. The Balaban J connectivity index is 1.74. The van der Waals surface area contributed by atoms with Crippen LogP contribution in [-0.2, 0) is 0 Å². The summed E-state index contributed by atoms with van der Waals surface area (Å²) in [4.78, 5) is 17.9. The van der Waals surface area contributed by atoms with Gasteiger partial charge < -0.3 is 23.9 Å². The van der Waals surface area contributed by atoms with E-state index < -0.39 is 11.9 Å². The standard InChI is InChI=1S/C25H21N3O5/c1-30-22-11-15(12-23(31-2)24(22)32-3)20(14-26)28-25(29)17-13-19(21-9-6-10-33-21)27-18-8-5-4-7-16(17)18/h4-13,20H,1-3H3,(H,28,29). The number of pyridine rings is 1. The maximum absolute atomic E-state index is 13.3. The predicted octanol–water partition coefficient (Wildman–Crippen LogP) is 4.52. The summed E-state index contributed by atoms with van der Waals surface area (Å²) in [6.07, 6.45) is 1.54. The Morgan fingerprint density at radius 2 is 1.76 bits per heavy atom. The lowest BCUT2D eigenvalue weighted by Gasteiger charge is -2.18. The molecular weight excluding hydrogens is 422 g/mol. The summed E-state index contributed by atoms with van der Waals surface area (Å²) in [5.74, 6) is 1.28. The van der Waals surface area contributed by atoms with Crippen LogP contribution in [0.4, 0.5) is 0 Å². The van der Waals surface area contributed by atoms with E-state index in [1.54, 1.807) is 36.6 Å². The van der Waals surface area contributed by atoms with Gasteiger partial charge in [0.25, 0.3) is 5.91 Å². The molecule has 0 spiro atoms. The number of nitrogens with zero attached hydrogens (tertiary/aromatic N) is 2. The molecule has 0 fully saturated rings. The Morgan fingerprint density at radius 3 is 2.36 bits per heavy atom. The number of furan rings is 1. The number of benzene rings is 2. The van der Waals surface area contributed by atoms with Gasteiger partial charge in [0.1, 0.15) is 11.7 Å². The van der Waals surface area contributed by atoms with Gasteiger partial charge in [0, 0.05) is 5.39 Å². The monoisotopic (exact) mass is 443 g/mol. The molecule has 8 nitrogen and oxygen atoms in total. The molecule has 2 aromatic carbocycles. The number of rotatable bonds is 7. The first-order valence-electron chi connectivity index (χ1n) is 10.0. The fourth-order valence-corrected chi connectivity index (χ4v) is 3.58.